The molecule has 3 N–H and O–H groups in total. The molecule has 1 aromatic rings. The molecule has 17 heavy (non-hydrogen) atoms. The van der Waals surface area contributed by atoms with Gasteiger partial charge in [-0.2, -0.15) is 0 Å². The zero-order valence-electron chi connectivity index (χ0n) is 10.9. The smallest absolute Gasteiger partial charge is 0.188 e. The van der Waals surface area contributed by atoms with Gasteiger partial charge >= 0.3 is 0 Å². The average Bonchev–Trinajstić information content (AvgIpc) is 2.34. The Morgan fingerprint density at radius 1 is 1.29 bits per heavy atom. The average molecular weight is 234 g/mol. The first-order valence-electron chi connectivity index (χ1n) is 5.93. The van der Waals surface area contributed by atoms with Gasteiger partial charge in [-0.05, 0) is 24.1 Å². The van der Waals surface area contributed by atoms with Gasteiger partial charge in [-0.3, -0.25) is 0 Å². The van der Waals surface area contributed by atoms with Crippen LogP contribution in [0.5, 0.6) is 0 Å². The molecule has 0 unspecified atom stereocenters. The predicted molar refractivity (Wildman–Crippen MR) is 74.4 cm³/mol. The third-order valence-electron chi connectivity index (χ3n) is 2.44. The summed E-state index contributed by atoms with van der Waals surface area (Å²) >= 11 is 0. The molecule has 0 aliphatic rings. The molecule has 0 aromatic heterocycles. The Balaban J connectivity index is 2.51. The van der Waals surface area contributed by atoms with E-state index in [1.54, 1.807) is 0 Å². The maximum atomic E-state index is 5.72. The Kier molecular flexibility index (Phi) is 5.33. The first-order valence-corrected chi connectivity index (χ1v) is 5.93. The molecule has 0 aliphatic heterocycles. The predicted octanol–water partition coefficient (Wildman–Crippen LogP) is 1.57. The third-order valence-corrected chi connectivity index (χ3v) is 2.44. The fourth-order valence-electron chi connectivity index (χ4n) is 1.38. The fourth-order valence-corrected chi connectivity index (χ4v) is 1.38. The minimum atomic E-state index is 0.517. The molecule has 0 atom stereocenters. The van der Waals surface area contributed by atoms with Crippen molar-refractivity contribution in [1.82, 2.24) is 5.32 Å². The lowest BCUT2D eigenvalue weighted by molar-refractivity contribution is 0.825. The van der Waals surface area contributed by atoms with Gasteiger partial charge < -0.3 is 16.0 Å². The van der Waals surface area contributed by atoms with Crippen LogP contribution in [0.25, 0.3) is 0 Å². The molecule has 0 fully saturated rings. The Hall–Kier alpha value is -1.71. The molecule has 0 bridgehead atoms. The molecule has 0 saturated carbocycles. The quantitative estimate of drug-likeness (QED) is 0.600. The highest BCUT2D eigenvalue weighted by Crippen LogP contribution is 2.12. The van der Waals surface area contributed by atoms with Crippen LogP contribution in [0.3, 0.4) is 0 Å². The molecule has 94 valence electrons. The number of guanidine groups is 1. The number of aliphatic imine (C=N–C) groups is 1. The van der Waals surface area contributed by atoms with E-state index in [9.17, 15) is 0 Å². The van der Waals surface area contributed by atoms with Gasteiger partial charge in [-0.15, -0.1) is 0 Å². The van der Waals surface area contributed by atoms with Crippen LogP contribution in [0, 0.1) is 0 Å². The summed E-state index contributed by atoms with van der Waals surface area (Å²) < 4.78 is 0. The number of hydrogen-bond donors (Lipinski definition) is 2. The summed E-state index contributed by atoms with van der Waals surface area (Å²) in [6.07, 6.45) is 1.05. The van der Waals surface area contributed by atoms with Crippen LogP contribution < -0.4 is 16.0 Å². The van der Waals surface area contributed by atoms with Gasteiger partial charge in [-0.25, -0.2) is 4.99 Å². The first-order chi connectivity index (χ1) is 8.13. The van der Waals surface area contributed by atoms with Gasteiger partial charge in [0.05, 0.1) is 6.54 Å². The van der Waals surface area contributed by atoms with Gasteiger partial charge in [0.15, 0.2) is 5.96 Å². The van der Waals surface area contributed by atoms with Gasteiger partial charge in [0.2, 0.25) is 0 Å². The Labute approximate surface area is 104 Å². The molecule has 0 heterocycles. The van der Waals surface area contributed by atoms with E-state index in [0.717, 1.165) is 18.5 Å². The Bertz CT molecular complexity index is 354. The van der Waals surface area contributed by atoms with E-state index in [1.807, 2.05) is 14.1 Å². The van der Waals surface area contributed by atoms with E-state index in [-0.39, 0.29) is 0 Å². The maximum absolute atomic E-state index is 5.72. The number of hydrogen-bond acceptors (Lipinski definition) is 2. The summed E-state index contributed by atoms with van der Waals surface area (Å²) in [5.74, 6) is 0.517. The van der Waals surface area contributed by atoms with Crippen molar-refractivity contribution in [3.8, 4) is 0 Å². The normalized spacial score (nSPS) is 11.4. The van der Waals surface area contributed by atoms with Gasteiger partial charge in [0, 0.05) is 26.3 Å². The molecule has 4 heteroatoms. The number of rotatable bonds is 5. The van der Waals surface area contributed by atoms with Crippen LogP contribution in [0.1, 0.15) is 18.9 Å². The number of nitrogens with one attached hydrogen (secondary N) is 1. The van der Waals surface area contributed by atoms with Crippen LogP contribution in [-0.2, 0) is 6.54 Å². The maximum Gasteiger partial charge on any atom is 0.188 e. The topological polar surface area (TPSA) is 53.6 Å². The van der Waals surface area contributed by atoms with Gasteiger partial charge in [0.25, 0.3) is 0 Å². The van der Waals surface area contributed by atoms with E-state index < -0.39 is 0 Å². The Morgan fingerprint density at radius 2 is 1.94 bits per heavy atom. The van der Waals surface area contributed by atoms with Crippen molar-refractivity contribution in [2.45, 2.75) is 19.9 Å². The Morgan fingerprint density at radius 3 is 2.47 bits per heavy atom. The lowest BCUT2D eigenvalue weighted by atomic mass is 10.2. The number of nitrogens with zero attached hydrogens (tertiary/aromatic N) is 2. The van der Waals surface area contributed by atoms with E-state index in [2.05, 4.69) is 46.4 Å². The molecular formula is C13H22N4. The number of benzene rings is 1. The van der Waals surface area contributed by atoms with Crippen LogP contribution in [-0.4, -0.2) is 26.6 Å². The van der Waals surface area contributed by atoms with Crippen molar-refractivity contribution in [2.24, 2.45) is 10.7 Å². The van der Waals surface area contributed by atoms with Crippen molar-refractivity contribution in [3.63, 3.8) is 0 Å². The second-order valence-corrected chi connectivity index (χ2v) is 4.19. The summed E-state index contributed by atoms with van der Waals surface area (Å²) in [5, 5.41) is 3.05. The largest absolute Gasteiger partial charge is 0.378 e. The zero-order valence-corrected chi connectivity index (χ0v) is 10.9. The van der Waals surface area contributed by atoms with Crippen LogP contribution in [0.4, 0.5) is 5.69 Å². The lowest BCUT2D eigenvalue weighted by Gasteiger charge is -2.12. The highest BCUT2D eigenvalue weighted by molar-refractivity contribution is 5.77. The van der Waals surface area contributed by atoms with Gasteiger partial charge in [0.1, 0.15) is 0 Å². The lowest BCUT2D eigenvalue weighted by Crippen LogP contribution is -2.32. The van der Waals surface area contributed by atoms with Crippen molar-refractivity contribution >= 4 is 11.6 Å². The molecule has 0 aliphatic carbocycles. The number of anilines is 1. The van der Waals surface area contributed by atoms with Crippen LogP contribution >= 0.6 is 0 Å². The molecular weight excluding hydrogens is 212 g/mol. The molecule has 0 spiro atoms. The van der Waals surface area contributed by atoms with Crippen molar-refractivity contribution in [3.05, 3.63) is 29.8 Å². The van der Waals surface area contributed by atoms with E-state index >= 15 is 0 Å². The molecule has 1 aromatic carbocycles. The fraction of sp³-hybridized carbons (Fsp3) is 0.462. The number of nitrogens with two attached hydrogens (primary N) is 1. The molecule has 4 nitrogen and oxygen atoms in total. The summed E-state index contributed by atoms with van der Waals surface area (Å²) in [5.41, 5.74) is 8.07. The highest BCUT2D eigenvalue weighted by atomic mass is 15.1. The molecule has 0 amide bonds. The SMILES string of the molecule is CCCNC(N)=NCc1ccc(N(C)C)cc1. The monoisotopic (exact) mass is 234 g/mol. The van der Waals surface area contributed by atoms with Crippen molar-refractivity contribution < 1.29 is 0 Å². The minimum Gasteiger partial charge on any atom is -0.378 e. The second kappa shape index (κ2) is 6.78. The third kappa shape index (κ3) is 4.76. The molecule has 0 saturated heterocycles. The summed E-state index contributed by atoms with van der Waals surface area (Å²) in [4.78, 5) is 6.35. The van der Waals surface area contributed by atoms with Crippen molar-refractivity contribution in [2.75, 3.05) is 25.5 Å². The van der Waals surface area contributed by atoms with Crippen molar-refractivity contribution in [1.29, 1.82) is 0 Å². The molecule has 0 radical (unpaired) electrons. The highest BCUT2D eigenvalue weighted by Gasteiger charge is 1.96. The summed E-state index contributed by atoms with van der Waals surface area (Å²) in [6.45, 7) is 3.59. The minimum absolute atomic E-state index is 0.517. The van der Waals surface area contributed by atoms with Gasteiger partial charge in [-0.1, -0.05) is 19.1 Å². The van der Waals surface area contributed by atoms with E-state index in [4.69, 9.17) is 5.73 Å². The van der Waals surface area contributed by atoms with E-state index in [1.165, 1.54) is 5.69 Å². The zero-order chi connectivity index (χ0) is 12.7. The summed E-state index contributed by atoms with van der Waals surface area (Å²) in [6, 6.07) is 8.32. The van der Waals surface area contributed by atoms with Crippen LogP contribution in [0.15, 0.2) is 29.3 Å². The second-order valence-electron chi connectivity index (χ2n) is 4.19. The summed E-state index contributed by atoms with van der Waals surface area (Å²) in [7, 11) is 4.06. The van der Waals surface area contributed by atoms with E-state index in [0.29, 0.717) is 12.5 Å². The first kappa shape index (κ1) is 13.4. The molecule has 1 rings (SSSR count). The standard InChI is InChI=1S/C13H22N4/c1-4-9-15-13(14)16-10-11-5-7-12(8-6-11)17(2)3/h5-8H,4,9-10H2,1-3H3,(H3,14,15,16). The van der Waals surface area contributed by atoms with Crippen LogP contribution in [0.2, 0.25) is 0 Å².